The number of hydrogen-bond acceptors (Lipinski definition) is 3. The number of benzene rings is 2. The van der Waals surface area contributed by atoms with Crippen molar-refractivity contribution in [1.82, 2.24) is 15.1 Å². The zero-order valence-electron chi connectivity index (χ0n) is 16.9. The molecule has 0 unspecified atom stereocenters. The number of hydrogen-bond donors (Lipinski definition) is 1. The average Bonchev–Trinajstić information content (AvgIpc) is 3.32. The third-order valence-electron chi connectivity index (χ3n) is 5.50. The van der Waals surface area contributed by atoms with Crippen molar-refractivity contribution in [2.24, 2.45) is 7.05 Å². The van der Waals surface area contributed by atoms with Gasteiger partial charge in [-0.1, -0.05) is 30.3 Å². The summed E-state index contributed by atoms with van der Waals surface area (Å²) in [7, 11) is 1.81. The van der Waals surface area contributed by atoms with Crippen LogP contribution in [0.3, 0.4) is 0 Å². The van der Waals surface area contributed by atoms with E-state index in [-0.39, 0.29) is 18.4 Å². The van der Waals surface area contributed by atoms with E-state index in [1.165, 1.54) is 11.1 Å². The van der Waals surface area contributed by atoms with E-state index in [4.69, 9.17) is 0 Å². The van der Waals surface area contributed by atoms with E-state index >= 15 is 0 Å². The lowest BCUT2D eigenvalue weighted by molar-refractivity contribution is -0.117. The number of para-hydroxylation sites is 1. The Balaban J connectivity index is 1.44. The average molecular weight is 388 g/mol. The number of anilines is 1. The molecule has 148 valence electrons. The van der Waals surface area contributed by atoms with E-state index < -0.39 is 0 Å². The van der Waals surface area contributed by atoms with Gasteiger partial charge in [-0.3, -0.25) is 14.3 Å². The molecule has 1 aliphatic heterocycles. The Morgan fingerprint density at radius 1 is 1.07 bits per heavy atom. The number of carbonyl (C=O) groups is 2. The topological polar surface area (TPSA) is 67.2 Å². The molecular formula is C23H24N4O2. The molecule has 6 nitrogen and oxygen atoms in total. The summed E-state index contributed by atoms with van der Waals surface area (Å²) in [6.45, 7) is 4.72. The van der Waals surface area contributed by atoms with Crippen molar-refractivity contribution >= 4 is 17.5 Å². The number of rotatable bonds is 4. The Morgan fingerprint density at radius 2 is 1.86 bits per heavy atom. The molecule has 0 fully saturated rings. The van der Waals surface area contributed by atoms with Crippen LogP contribution in [0.2, 0.25) is 0 Å². The molecule has 2 aromatic carbocycles. The summed E-state index contributed by atoms with van der Waals surface area (Å²) in [5.74, 6) is -0.467. The van der Waals surface area contributed by atoms with Gasteiger partial charge in [0.2, 0.25) is 5.91 Å². The summed E-state index contributed by atoms with van der Waals surface area (Å²) in [4.78, 5) is 26.9. The van der Waals surface area contributed by atoms with Gasteiger partial charge in [0, 0.05) is 24.8 Å². The summed E-state index contributed by atoms with van der Waals surface area (Å²) in [6.07, 6.45) is 0.843. The highest BCUT2D eigenvalue weighted by atomic mass is 16.2. The van der Waals surface area contributed by atoms with Crippen molar-refractivity contribution in [3.05, 3.63) is 70.9 Å². The molecule has 0 radical (unpaired) electrons. The lowest BCUT2D eigenvalue weighted by Crippen LogP contribution is -2.39. The summed E-state index contributed by atoms with van der Waals surface area (Å²) < 4.78 is 1.69. The van der Waals surface area contributed by atoms with Gasteiger partial charge in [0.25, 0.3) is 5.91 Å². The van der Waals surface area contributed by atoms with E-state index in [1.54, 1.807) is 15.6 Å². The largest absolute Gasteiger partial charge is 0.342 e. The lowest BCUT2D eigenvalue weighted by atomic mass is 10.0. The number of aryl methyl sites for hydroxylation is 3. The van der Waals surface area contributed by atoms with Crippen molar-refractivity contribution in [2.75, 3.05) is 18.0 Å². The predicted octanol–water partition coefficient (Wildman–Crippen LogP) is 3.02. The van der Waals surface area contributed by atoms with Crippen LogP contribution in [0.5, 0.6) is 0 Å². The zero-order chi connectivity index (χ0) is 20.5. The number of aromatic nitrogens is 2. The van der Waals surface area contributed by atoms with Crippen LogP contribution in [-0.2, 0) is 18.3 Å². The molecule has 0 aliphatic carbocycles. The maximum absolute atomic E-state index is 12.6. The second-order valence-electron chi connectivity index (χ2n) is 7.44. The van der Waals surface area contributed by atoms with E-state index in [2.05, 4.69) is 36.4 Å². The van der Waals surface area contributed by atoms with Gasteiger partial charge in [0.1, 0.15) is 0 Å². The monoisotopic (exact) mass is 388 g/mol. The van der Waals surface area contributed by atoms with Gasteiger partial charge in [-0.15, -0.1) is 0 Å². The Hall–Kier alpha value is -3.41. The molecule has 29 heavy (non-hydrogen) atoms. The van der Waals surface area contributed by atoms with Gasteiger partial charge < -0.3 is 10.2 Å². The molecular weight excluding hydrogens is 364 g/mol. The third-order valence-corrected chi connectivity index (χ3v) is 5.50. The van der Waals surface area contributed by atoms with Crippen molar-refractivity contribution in [1.29, 1.82) is 0 Å². The molecule has 1 aliphatic rings. The highest BCUT2D eigenvalue weighted by molar-refractivity contribution is 6.01. The summed E-state index contributed by atoms with van der Waals surface area (Å²) >= 11 is 0. The van der Waals surface area contributed by atoms with Gasteiger partial charge in [-0.2, -0.15) is 5.10 Å². The van der Waals surface area contributed by atoms with Gasteiger partial charge in [0.15, 0.2) is 5.69 Å². The van der Waals surface area contributed by atoms with Crippen LogP contribution >= 0.6 is 0 Å². The summed E-state index contributed by atoms with van der Waals surface area (Å²) in [6, 6.07) is 15.8. The predicted molar refractivity (Wildman–Crippen MR) is 113 cm³/mol. The van der Waals surface area contributed by atoms with Crippen LogP contribution in [0, 0.1) is 13.8 Å². The van der Waals surface area contributed by atoms with E-state index in [0.717, 1.165) is 28.9 Å². The molecule has 0 saturated heterocycles. The molecule has 0 spiro atoms. The standard InChI is InChI=1S/C23H24N4O2/c1-15-8-9-18(12-16(15)2)21-13-19(25-26(21)3)23(29)24-14-22(28)27-11-10-17-6-4-5-7-20(17)27/h4-9,12-13H,10-11,14H2,1-3H3,(H,24,29). The van der Waals surface area contributed by atoms with Crippen LogP contribution in [0.15, 0.2) is 48.5 Å². The number of amides is 2. The molecule has 2 amide bonds. The fraction of sp³-hybridized carbons (Fsp3) is 0.261. The first-order valence-electron chi connectivity index (χ1n) is 9.72. The van der Waals surface area contributed by atoms with Crippen LogP contribution in [0.25, 0.3) is 11.3 Å². The molecule has 0 bridgehead atoms. The van der Waals surface area contributed by atoms with Gasteiger partial charge >= 0.3 is 0 Å². The molecule has 1 N–H and O–H groups in total. The van der Waals surface area contributed by atoms with Gasteiger partial charge in [0.05, 0.1) is 12.2 Å². The second-order valence-corrected chi connectivity index (χ2v) is 7.44. The number of nitrogens with one attached hydrogen (secondary N) is 1. The normalized spacial score (nSPS) is 12.7. The Morgan fingerprint density at radius 3 is 2.66 bits per heavy atom. The number of fused-ring (bicyclic) bond motifs is 1. The number of nitrogens with zero attached hydrogens (tertiary/aromatic N) is 3. The molecule has 0 atom stereocenters. The maximum Gasteiger partial charge on any atom is 0.272 e. The van der Waals surface area contributed by atoms with Crippen molar-refractivity contribution in [3.63, 3.8) is 0 Å². The molecule has 4 rings (SSSR count). The van der Waals surface area contributed by atoms with E-state index in [9.17, 15) is 9.59 Å². The van der Waals surface area contributed by atoms with Gasteiger partial charge in [-0.25, -0.2) is 0 Å². The first-order chi connectivity index (χ1) is 13.9. The minimum atomic E-state index is -0.350. The molecule has 2 heterocycles. The molecule has 3 aromatic rings. The van der Waals surface area contributed by atoms with Crippen LogP contribution in [0.1, 0.15) is 27.2 Å². The van der Waals surface area contributed by atoms with Crippen LogP contribution < -0.4 is 10.2 Å². The number of carbonyl (C=O) groups excluding carboxylic acids is 2. The van der Waals surface area contributed by atoms with Crippen molar-refractivity contribution in [2.45, 2.75) is 20.3 Å². The first-order valence-corrected chi connectivity index (χ1v) is 9.72. The smallest absolute Gasteiger partial charge is 0.272 e. The van der Waals surface area contributed by atoms with Crippen LogP contribution in [-0.4, -0.2) is 34.7 Å². The highest BCUT2D eigenvalue weighted by Crippen LogP contribution is 2.27. The third kappa shape index (κ3) is 3.66. The maximum atomic E-state index is 12.6. The first kappa shape index (κ1) is 18.9. The van der Waals surface area contributed by atoms with Crippen LogP contribution in [0.4, 0.5) is 5.69 Å². The Kier molecular flexibility index (Phi) is 4.92. The second kappa shape index (κ2) is 7.54. The molecule has 1 aromatic heterocycles. The quantitative estimate of drug-likeness (QED) is 0.747. The summed E-state index contributed by atoms with van der Waals surface area (Å²) in [5, 5.41) is 7.04. The fourth-order valence-corrected chi connectivity index (χ4v) is 3.69. The molecule has 6 heteroatoms. The summed E-state index contributed by atoms with van der Waals surface area (Å²) in [5.41, 5.74) is 6.67. The Labute approximate surface area is 170 Å². The van der Waals surface area contributed by atoms with Crippen molar-refractivity contribution in [3.8, 4) is 11.3 Å². The van der Waals surface area contributed by atoms with Crippen molar-refractivity contribution < 1.29 is 9.59 Å². The highest BCUT2D eigenvalue weighted by Gasteiger charge is 2.24. The van der Waals surface area contributed by atoms with Gasteiger partial charge in [-0.05, 0) is 55.2 Å². The van der Waals surface area contributed by atoms with E-state index in [1.807, 2.05) is 37.4 Å². The lowest BCUT2D eigenvalue weighted by Gasteiger charge is -2.17. The zero-order valence-corrected chi connectivity index (χ0v) is 16.9. The fourth-order valence-electron chi connectivity index (χ4n) is 3.69. The SMILES string of the molecule is Cc1ccc(-c2cc(C(=O)NCC(=O)N3CCc4ccccc43)nn2C)cc1C. The minimum Gasteiger partial charge on any atom is -0.342 e. The molecule has 0 saturated carbocycles. The minimum absolute atomic E-state index is 0.0529. The van der Waals surface area contributed by atoms with E-state index in [0.29, 0.717) is 12.2 Å². The Bertz CT molecular complexity index is 1100.